The fourth-order valence-corrected chi connectivity index (χ4v) is 4.42. The monoisotopic (exact) mass is 274 g/mol. The molecule has 0 aliphatic heterocycles. The Bertz CT molecular complexity index is 433. The highest BCUT2D eigenvalue weighted by Crippen LogP contribution is 2.47. The number of rotatable bonds is 3. The zero-order valence-electron chi connectivity index (χ0n) is 13.8. The lowest BCUT2D eigenvalue weighted by Gasteiger charge is -2.44. The van der Waals surface area contributed by atoms with Gasteiger partial charge in [-0.15, -0.1) is 0 Å². The van der Waals surface area contributed by atoms with Gasteiger partial charge in [-0.1, -0.05) is 58.8 Å². The van der Waals surface area contributed by atoms with Crippen LogP contribution in [0.2, 0.25) is 0 Å². The van der Waals surface area contributed by atoms with Crippen LogP contribution in [0.25, 0.3) is 0 Å². The van der Waals surface area contributed by atoms with Gasteiger partial charge < -0.3 is 0 Å². The van der Waals surface area contributed by atoms with Crippen LogP contribution in [0.5, 0.6) is 0 Å². The van der Waals surface area contributed by atoms with Crippen molar-refractivity contribution in [2.24, 2.45) is 23.2 Å². The molecule has 3 atom stereocenters. The van der Waals surface area contributed by atoms with E-state index in [9.17, 15) is 4.79 Å². The van der Waals surface area contributed by atoms with Crippen molar-refractivity contribution in [3.05, 3.63) is 23.3 Å². The predicted octanol–water partition coefficient (Wildman–Crippen LogP) is 5.32. The quantitative estimate of drug-likeness (QED) is 0.680. The van der Waals surface area contributed by atoms with Crippen LogP contribution in [0.15, 0.2) is 23.3 Å². The maximum atomic E-state index is 12.2. The summed E-state index contributed by atoms with van der Waals surface area (Å²) < 4.78 is 0. The molecular formula is C19H30O. The maximum absolute atomic E-state index is 12.2. The van der Waals surface area contributed by atoms with Gasteiger partial charge in [-0.25, -0.2) is 0 Å². The lowest BCUT2D eigenvalue weighted by molar-refractivity contribution is -0.115. The SMILES string of the molecule is CCC(C)C(C1CC=CC2=C1CCCC2=O)C(C)(C)C. The highest BCUT2D eigenvalue weighted by molar-refractivity contribution is 5.99. The minimum atomic E-state index is 0.296. The van der Waals surface area contributed by atoms with E-state index in [4.69, 9.17) is 0 Å². The molecule has 112 valence electrons. The summed E-state index contributed by atoms with van der Waals surface area (Å²) in [5, 5.41) is 0. The van der Waals surface area contributed by atoms with Crippen molar-refractivity contribution in [3.63, 3.8) is 0 Å². The lowest BCUT2D eigenvalue weighted by Crippen LogP contribution is -2.36. The largest absolute Gasteiger partial charge is 0.294 e. The number of carbonyl (C=O) groups excluding carboxylic acids is 1. The molecule has 0 saturated carbocycles. The fraction of sp³-hybridized carbons (Fsp3) is 0.737. The first-order valence-electron chi connectivity index (χ1n) is 8.29. The average Bonchev–Trinajstić information content (AvgIpc) is 2.38. The third-order valence-electron chi connectivity index (χ3n) is 5.31. The molecule has 0 aromatic rings. The summed E-state index contributed by atoms with van der Waals surface area (Å²) >= 11 is 0. The highest BCUT2D eigenvalue weighted by atomic mass is 16.1. The second-order valence-corrected chi connectivity index (χ2v) is 7.74. The first-order chi connectivity index (χ1) is 9.36. The van der Waals surface area contributed by atoms with Crippen LogP contribution in [0.1, 0.15) is 66.7 Å². The van der Waals surface area contributed by atoms with Gasteiger partial charge in [0.05, 0.1) is 0 Å². The maximum Gasteiger partial charge on any atom is 0.162 e. The van der Waals surface area contributed by atoms with Crippen LogP contribution in [0.3, 0.4) is 0 Å². The summed E-state index contributed by atoms with van der Waals surface area (Å²) in [5.41, 5.74) is 2.83. The number of Topliss-reactive ketones (excluding diaryl/α,β-unsaturated/α-hetero) is 1. The second-order valence-electron chi connectivity index (χ2n) is 7.74. The Balaban J connectivity index is 2.39. The van der Waals surface area contributed by atoms with Gasteiger partial charge in [0.25, 0.3) is 0 Å². The molecule has 2 rings (SSSR count). The van der Waals surface area contributed by atoms with Crippen LogP contribution >= 0.6 is 0 Å². The molecule has 20 heavy (non-hydrogen) atoms. The van der Waals surface area contributed by atoms with E-state index in [1.54, 1.807) is 0 Å². The molecule has 0 bridgehead atoms. The van der Waals surface area contributed by atoms with Crippen molar-refractivity contribution in [1.82, 2.24) is 0 Å². The molecule has 3 unspecified atom stereocenters. The number of carbonyl (C=O) groups is 1. The summed E-state index contributed by atoms with van der Waals surface area (Å²) in [5.74, 6) is 2.32. The van der Waals surface area contributed by atoms with Gasteiger partial charge in [-0.05, 0) is 42.4 Å². The lowest BCUT2D eigenvalue weighted by atomic mass is 9.61. The van der Waals surface area contributed by atoms with Crippen LogP contribution < -0.4 is 0 Å². The standard InChI is InChI=1S/C19H30O/c1-6-13(2)18(19(3,4)5)16-11-7-10-15-14(16)9-8-12-17(15)20/h7,10,13,16,18H,6,8-9,11-12H2,1-5H3. The van der Waals surface area contributed by atoms with Crippen molar-refractivity contribution < 1.29 is 4.79 Å². The Morgan fingerprint density at radius 2 is 2.00 bits per heavy atom. The van der Waals surface area contributed by atoms with Gasteiger partial charge in [0.2, 0.25) is 0 Å². The van der Waals surface area contributed by atoms with E-state index in [2.05, 4.69) is 46.8 Å². The first kappa shape index (κ1) is 15.5. The van der Waals surface area contributed by atoms with E-state index in [0.717, 1.165) is 31.3 Å². The molecule has 1 heteroatoms. The Labute approximate surface area is 124 Å². The summed E-state index contributed by atoms with van der Waals surface area (Å²) in [6.45, 7) is 11.8. The third-order valence-corrected chi connectivity index (χ3v) is 5.31. The minimum absolute atomic E-state index is 0.296. The Hall–Kier alpha value is -0.850. The summed E-state index contributed by atoms with van der Waals surface area (Å²) in [4.78, 5) is 12.2. The van der Waals surface area contributed by atoms with E-state index in [0.29, 0.717) is 29.0 Å². The molecule has 0 aromatic carbocycles. The summed E-state index contributed by atoms with van der Waals surface area (Å²) in [7, 11) is 0. The van der Waals surface area contributed by atoms with Crippen LogP contribution in [-0.4, -0.2) is 5.78 Å². The smallest absolute Gasteiger partial charge is 0.162 e. The topological polar surface area (TPSA) is 17.1 Å². The third kappa shape index (κ3) is 2.92. The zero-order chi connectivity index (χ0) is 14.9. The molecule has 0 spiro atoms. The molecule has 0 radical (unpaired) electrons. The molecule has 0 N–H and O–H groups in total. The van der Waals surface area contributed by atoms with Gasteiger partial charge in [-0.2, -0.15) is 0 Å². The number of ketones is 1. The normalized spacial score (nSPS) is 26.4. The van der Waals surface area contributed by atoms with E-state index in [-0.39, 0.29) is 0 Å². The van der Waals surface area contributed by atoms with Crippen molar-refractivity contribution in [2.75, 3.05) is 0 Å². The molecule has 0 aromatic heterocycles. The van der Waals surface area contributed by atoms with E-state index in [1.807, 2.05) is 0 Å². The van der Waals surface area contributed by atoms with Gasteiger partial charge in [-0.3, -0.25) is 4.79 Å². The van der Waals surface area contributed by atoms with Crippen molar-refractivity contribution >= 4 is 5.78 Å². The highest BCUT2D eigenvalue weighted by Gasteiger charge is 2.39. The molecule has 0 heterocycles. The Kier molecular flexibility index (Phi) is 4.56. The molecule has 2 aliphatic rings. The molecular weight excluding hydrogens is 244 g/mol. The fourth-order valence-electron chi connectivity index (χ4n) is 4.42. The van der Waals surface area contributed by atoms with Crippen LogP contribution in [0.4, 0.5) is 0 Å². The van der Waals surface area contributed by atoms with Crippen molar-refractivity contribution in [3.8, 4) is 0 Å². The number of hydrogen-bond acceptors (Lipinski definition) is 1. The molecule has 0 fully saturated rings. The summed E-state index contributed by atoms with van der Waals surface area (Å²) in [6.07, 6.45) is 9.63. The van der Waals surface area contributed by atoms with Gasteiger partial charge >= 0.3 is 0 Å². The molecule has 2 aliphatic carbocycles. The second kappa shape index (κ2) is 5.87. The molecule has 0 amide bonds. The average molecular weight is 274 g/mol. The number of allylic oxidation sites excluding steroid dienone is 4. The van der Waals surface area contributed by atoms with Crippen LogP contribution in [-0.2, 0) is 4.79 Å². The molecule has 0 saturated heterocycles. The van der Waals surface area contributed by atoms with E-state index < -0.39 is 0 Å². The van der Waals surface area contributed by atoms with Crippen molar-refractivity contribution in [1.29, 1.82) is 0 Å². The zero-order valence-corrected chi connectivity index (χ0v) is 13.8. The summed E-state index contributed by atoms with van der Waals surface area (Å²) in [6, 6.07) is 0. The van der Waals surface area contributed by atoms with Crippen LogP contribution in [0, 0.1) is 23.2 Å². The van der Waals surface area contributed by atoms with Crippen molar-refractivity contribution in [2.45, 2.75) is 66.7 Å². The predicted molar refractivity (Wildman–Crippen MR) is 85.5 cm³/mol. The molecule has 1 nitrogen and oxygen atoms in total. The minimum Gasteiger partial charge on any atom is -0.294 e. The van der Waals surface area contributed by atoms with Gasteiger partial charge in [0.15, 0.2) is 5.78 Å². The Morgan fingerprint density at radius 3 is 2.60 bits per heavy atom. The van der Waals surface area contributed by atoms with E-state index >= 15 is 0 Å². The van der Waals surface area contributed by atoms with Gasteiger partial charge in [0, 0.05) is 12.0 Å². The Morgan fingerprint density at radius 1 is 1.30 bits per heavy atom. The number of hydrogen-bond donors (Lipinski definition) is 0. The van der Waals surface area contributed by atoms with E-state index in [1.165, 1.54) is 12.0 Å². The first-order valence-corrected chi connectivity index (χ1v) is 8.29. The van der Waals surface area contributed by atoms with Gasteiger partial charge in [0.1, 0.15) is 0 Å².